The third-order valence-electron chi connectivity index (χ3n) is 2.35. The zero-order chi connectivity index (χ0) is 10.1. The van der Waals surface area contributed by atoms with Crippen molar-refractivity contribution in [2.24, 2.45) is 11.3 Å². The van der Waals surface area contributed by atoms with Gasteiger partial charge >= 0.3 is 11.9 Å². The summed E-state index contributed by atoms with van der Waals surface area (Å²) in [5.74, 6) is -1.14. The van der Waals surface area contributed by atoms with E-state index in [2.05, 4.69) is 0 Å². The maximum absolute atomic E-state index is 11.4. The van der Waals surface area contributed by atoms with Crippen LogP contribution in [0.15, 0.2) is 0 Å². The molecule has 0 aliphatic carbocycles. The third kappa shape index (κ3) is 1.66. The summed E-state index contributed by atoms with van der Waals surface area (Å²) in [6, 6.07) is 0. The molecule has 74 valence electrons. The molecule has 1 heterocycles. The Hall–Kier alpha value is -1.06. The largest absolute Gasteiger partial charge is 0.466 e. The normalized spacial score (nSPS) is 25.5. The average molecular weight is 186 g/mol. The standard InChI is InChI=1S/C9H14O4/c1-4-12-7(10)6-5-13-8(11)9(6,2)3/h6H,4-5H2,1-3H3. The number of esters is 2. The summed E-state index contributed by atoms with van der Waals surface area (Å²) in [6.45, 7) is 5.61. The zero-order valence-corrected chi connectivity index (χ0v) is 8.12. The van der Waals surface area contributed by atoms with Gasteiger partial charge in [0.25, 0.3) is 0 Å². The van der Waals surface area contributed by atoms with Crippen molar-refractivity contribution in [3.63, 3.8) is 0 Å². The monoisotopic (exact) mass is 186 g/mol. The molecule has 0 aromatic heterocycles. The Morgan fingerprint density at radius 2 is 2.31 bits per heavy atom. The minimum absolute atomic E-state index is 0.144. The Balaban J connectivity index is 2.72. The van der Waals surface area contributed by atoms with Gasteiger partial charge in [-0.1, -0.05) is 0 Å². The van der Waals surface area contributed by atoms with Crippen molar-refractivity contribution in [3.05, 3.63) is 0 Å². The van der Waals surface area contributed by atoms with Crippen LogP contribution >= 0.6 is 0 Å². The molecule has 0 N–H and O–H groups in total. The quantitative estimate of drug-likeness (QED) is 0.597. The number of carbonyl (C=O) groups excluding carboxylic acids is 2. The molecular formula is C9H14O4. The predicted molar refractivity (Wildman–Crippen MR) is 44.9 cm³/mol. The summed E-state index contributed by atoms with van der Waals surface area (Å²) >= 11 is 0. The number of ether oxygens (including phenoxy) is 2. The second-order valence-electron chi connectivity index (χ2n) is 3.62. The van der Waals surface area contributed by atoms with Crippen molar-refractivity contribution in [1.82, 2.24) is 0 Å². The van der Waals surface area contributed by atoms with Crippen LogP contribution in [0.4, 0.5) is 0 Å². The van der Waals surface area contributed by atoms with E-state index in [0.717, 1.165) is 0 Å². The molecule has 1 fully saturated rings. The highest BCUT2D eigenvalue weighted by Gasteiger charge is 2.49. The molecule has 0 aromatic carbocycles. The molecule has 4 heteroatoms. The molecule has 13 heavy (non-hydrogen) atoms. The summed E-state index contributed by atoms with van der Waals surface area (Å²) < 4.78 is 9.65. The van der Waals surface area contributed by atoms with Gasteiger partial charge in [0.15, 0.2) is 0 Å². The average Bonchev–Trinajstić information content (AvgIpc) is 2.28. The van der Waals surface area contributed by atoms with Gasteiger partial charge in [0, 0.05) is 0 Å². The van der Waals surface area contributed by atoms with Crippen LogP contribution in [-0.4, -0.2) is 25.2 Å². The highest BCUT2D eigenvalue weighted by atomic mass is 16.6. The lowest BCUT2D eigenvalue weighted by atomic mass is 9.81. The van der Waals surface area contributed by atoms with Crippen LogP contribution in [-0.2, 0) is 19.1 Å². The van der Waals surface area contributed by atoms with E-state index in [4.69, 9.17) is 9.47 Å². The van der Waals surface area contributed by atoms with E-state index in [0.29, 0.717) is 6.61 Å². The van der Waals surface area contributed by atoms with E-state index in [9.17, 15) is 9.59 Å². The lowest BCUT2D eigenvalue weighted by molar-refractivity contribution is -0.153. The van der Waals surface area contributed by atoms with Crippen LogP contribution in [0.1, 0.15) is 20.8 Å². The summed E-state index contributed by atoms with van der Waals surface area (Å²) in [5.41, 5.74) is -0.744. The van der Waals surface area contributed by atoms with Crippen molar-refractivity contribution in [3.8, 4) is 0 Å². The second kappa shape index (κ2) is 3.36. The maximum atomic E-state index is 11.4. The molecule has 1 aliphatic heterocycles. The molecule has 4 nitrogen and oxygen atoms in total. The second-order valence-corrected chi connectivity index (χ2v) is 3.62. The fourth-order valence-corrected chi connectivity index (χ4v) is 1.30. The van der Waals surface area contributed by atoms with Gasteiger partial charge in [-0.05, 0) is 20.8 Å². The lowest BCUT2D eigenvalue weighted by Crippen LogP contribution is -2.33. The number of carbonyl (C=O) groups is 2. The molecule has 0 saturated carbocycles. The first-order valence-corrected chi connectivity index (χ1v) is 4.34. The van der Waals surface area contributed by atoms with Gasteiger partial charge < -0.3 is 9.47 Å². The number of hydrogen-bond donors (Lipinski definition) is 0. The number of cyclic esters (lactones) is 1. The summed E-state index contributed by atoms with van der Waals surface area (Å²) in [7, 11) is 0. The van der Waals surface area contributed by atoms with Crippen molar-refractivity contribution in [1.29, 1.82) is 0 Å². The minimum Gasteiger partial charge on any atom is -0.466 e. The van der Waals surface area contributed by atoms with E-state index in [-0.39, 0.29) is 18.5 Å². The Kier molecular flexibility index (Phi) is 2.59. The van der Waals surface area contributed by atoms with Crippen molar-refractivity contribution < 1.29 is 19.1 Å². The molecule has 0 amide bonds. The molecule has 1 rings (SSSR count). The number of rotatable bonds is 2. The van der Waals surface area contributed by atoms with Gasteiger partial charge in [-0.25, -0.2) is 0 Å². The fourth-order valence-electron chi connectivity index (χ4n) is 1.30. The molecule has 0 spiro atoms. The molecule has 0 aromatic rings. The Labute approximate surface area is 77.2 Å². The first kappa shape index (κ1) is 10.0. The SMILES string of the molecule is CCOC(=O)C1COC(=O)C1(C)C. The summed E-state index contributed by atoms with van der Waals surface area (Å²) in [5, 5.41) is 0. The molecule has 0 bridgehead atoms. The van der Waals surface area contributed by atoms with Crippen LogP contribution in [0.3, 0.4) is 0 Å². The molecule has 1 atom stereocenters. The van der Waals surface area contributed by atoms with E-state index in [1.807, 2.05) is 0 Å². The van der Waals surface area contributed by atoms with Gasteiger partial charge in [-0.3, -0.25) is 9.59 Å². The van der Waals surface area contributed by atoms with E-state index in [1.165, 1.54) is 0 Å². The maximum Gasteiger partial charge on any atom is 0.313 e. The smallest absolute Gasteiger partial charge is 0.313 e. The molecular weight excluding hydrogens is 172 g/mol. The van der Waals surface area contributed by atoms with Gasteiger partial charge in [-0.15, -0.1) is 0 Å². The topological polar surface area (TPSA) is 52.6 Å². The van der Waals surface area contributed by atoms with E-state index in [1.54, 1.807) is 20.8 Å². The van der Waals surface area contributed by atoms with Crippen molar-refractivity contribution >= 4 is 11.9 Å². The fraction of sp³-hybridized carbons (Fsp3) is 0.778. The van der Waals surface area contributed by atoms with E-state index >= 15 is 0 Å². The van der Waals surface area contributed by atoms with Crippen LogP contribution in [0.5, 0.6) is 0 Å². The molecule has 1 aliphatic rings. The molecule has 1 saturated heterocycles. The molecule has 0 radical (unpaired) electrons. The van der Waals surface area contributed by atoms with Crippen molar-refractivity contribution in [2.45, 2.75) is 20.8 Å². The Morgan fingerprint density at radius 3 is 2.69 bits per heavy atom. The third-order valence-corrected chi connectivity index (χ3v) is 2.35. The first-order chi connectivity index (χ1) is 6.00. The highest BCUT2D eigenvalue weighted by molar-refractivity contribution is 5.87. The Morgan fingerprint density at radius 1 is 1.69 bits per heavy atom. The van der Waals surface area contributed by atoms with Crippen molar-refractivity contribution in [2.75, 3.05) is 13.2 Å². The predicted octanol–water partition coefficient (Wildman–Crippen LogP) is 0.749. The van der Waals surface area contributed by atoms with Gasteiger partial charge in [0.05, 0.1) is 12.0 Å². The number of hydrogen-bond acceptors (Lipinski definition) is 4. The summed E-state index contributed by atoms with van der Waals surface area (Å²) in [6.07, 6.45) is 0. The zero-order valence-electron chi connectivity index (χ0n) is 8.12. The highest BCUT2D eigenvalue weighted by Crippen LogP contribution is 2.35. The van der Waals surface area contributed by atoms with Crippen LogP contribution in [0, 0.1) is 11.3 Å². The lowest BCUT2D eigenvalue weighted by Gasteiger charge is -2.19. The first-order valence-electron chi connectivity index (χ1n) is 4.34. The van der Waals surface area contributed by atoms with Gasteiger partial charge in [-0.2, -0.15) is 0 Å². The van der Waals surface area contributed by atoms with Crippen LogP contribution in [0.25, 0.3) is 0 Å². The van der Waals surface area contributed by atoms with Crippen LogP contribution in [0.2, 0.25) is 0 Å². The minimum atomic E-state index is -0.744. The van der Waals surface area contributed by atoms with Gasteiger partial charge in [0.2, 0.25) is 0 Å². The van der Waals surface area contributed by atoms with E-state index < -0.39 is 11.3 Å². The van der Waals surface area contributed by atoms with Gasteiger partial charge in [0.1, 0.15) is 12.5 Å². The van der Waals surface area contributed by atoms with Crippen LogP contribution < -0.4 is 0 Å². The molecule has 1 unspecified atom stereocenters. The summed E-state index contributed by atoms with van der Waals surface area (Å²) in [4.78, 5) is 22.5. The Bertz CT molecular complexity index is 232.